The van der Waals surface area contributed by atoms with Crippen LogP contribution in [0.1, 0.15) is 5.56 Å². The summed E-state index contributed by atoms with van der Waals surface area (Å²) in [4.78, 5) is 16.5. The van der Waals surface area contributed by atoms with Crippen LogP contribution in [0.4, 0.5) is 5.69 Å². The first kappa shape index (κ1) is 19.8. The maximum atomic E-state index is 12.1. The van der Waals surface area contributed by atoms with E-state index in [1.807, 2.05) is 48.7 Å². The number of β-amino-alcohol motifs (C(OH)–C–C–N with tert-alkyl or cyclic N) is 1. The molecule has 1 saturated heterocycles. The second-order valence-electron chi connectivity index (χ2n) is 6.90. The Morgan fingerprint density at radius 2 is 1.93 bits per heavy atom. The lowest BCUT2D eigenvalue weighted by molar-refractivity contribution is -0.117. The van der Waals surface area contributed by atoms with Gasteiger partial charge in [-0.1, -0.05) is 18.2 Å². The first-order chi connectivity index (χ1) is 13.1. The fraction of sp³-hybridized carbons (Fsp3) is 0.450. The molecule has 2 N–H and O–H groups in total. The maximum absolute atomic E-state index is 12.1. The number of carbonyl (C=O) groups excluding carboxylic acids is 1. The first-order valence-electron chi connectivity index (χ1n) is 9.24. The fourth-order valence-corrected chi connectivity index (χ4v) is 3.82. The summed E-state index contributed by atoms with van der Waals surface area (Å²) < 4.78 is 5.64. The van der Waals surface area contributed by atoms with Gasteiger partial charge in [0.15, 0.2) is 5.06 Å². The first-order valence-corrected chi connectivity index (χ1v) is 10.1. The normalized spacial score (nSPS) is 16.8. The smallest absolute Gasteiger partial charge is 0.238 e. The van der Waals surface area contributed by atoms with Crippen LogP contribution in [0.25, 0.3) is 0 Å². The number of rotatable bonds is 8. The molecule has 2 heterocycles. The summed E-state index contributed by atoms with van der Waals surface area (Å²) in [5.41, 5.74) is 2.00. The summed E-state index contributed by atoms with van der Waals surface area (Å²) in [6, 6.07) is 11.5. The second kappa shape index (κ2) is 9.85. The third-order valence-corrected chi connectivity index (χ3v) is 5.44. The quantitative estimate of drug-likeness (QED) is 0.724. The number of hydrogen-bond acceptors (Lipinski definition) is 6. The predicted octanol–water partition coefficient (Wildman–Crippen LogP) is 2.05. The average Bonchev–Trinajstić information content (AvgIpc) is 3.08. The number of piperazine rings is 1. The summed E-state index contributed by atoms with van der Waals surface area (Å²) in [5.74, 6) is 0.00864. The Hall–Kier alpha value is -1.93. The standard InChI is InChI=1S/C20H27N3O3S/c1-16-11-20(27-15-16)26-14-18(24)12-22-7-9-23(10-8-22)13-19(25)21-17-5-3-2-4-6-17/h2-6,11,15,18,24H,7-10,12-14H2,1H3,(H,21,25). The second-order valence-corrected chi connectivity index (χ2v) is 7.77. The minimum atomic E-state index is -0.514. The topological polar surface area (TPSA) is 65.0 Å². The molecule has 146 valence electrons. The van der Waals surface area contributed by atoms with Crippen molar-refractivity contribution in [2.75, 3.05) is 51.2 Å². The van der Waals surface area contributed by atoms with E-state index in [1.54, 1.807) is 11.3 Å². The number of aryl methyl sites for hydroxylation is 1. The zero-order valence-corrected chi connectivity index (χ0v) is 16.5. The highest BCUT2D eigenvalue weighted by Gasteiger charge is 2.21. The van der Waals surface area contributed by atoms with Crippen molar-refractivity contribution < 1.29 is 14.6 Å². The van der Waals surface area contributed by atoms with Crippen LogP contribution in [0, 0.1) is 6.92 Å². The van der Waals surface area contributed by atoms with E-state index in [9.17, 15) is 9.90 Å². The Morgan fingerprint density at radius 3 is 2.59 bits per heavy atom. The van der Waals surface area contributed by atoms with Crippen LogP contribution in [0.3, 0.4) is 0 Å². The van der Waals surface area contributed by atoms with Crippen molar-refractivity contribution in [2.24, 2.45) is 0 Å². The highest BCUT2D eigenvalue weighted by Crippen LogP contribution is 2.22. The monoisotopic (exact) mass is 389 g/mol. The van der Waals surface area contributed by atoms with Crippen molar-refractivity contribution in [1.29, 1.82) is 0 Å². The van der Waals surface area contributed by atoms with Crippen molar-refractivity contribution in [1.82, 2.24) is 9.80 Å². The molecule has 2 aromatic rings. The van der Waals surface area contributed by atoms with Crippen LogP contribution in [0.2, 0.25) is 0 Å². The number of ether oxygens (including phenoxy) is 1. The van der Waals surface area contributed by atoms with Gasteiger partial charge in [0.25, 0.3) is 0 Å². The van der Waals surface area contributed by atoms with Gasteiger partial charge in [0.1, 0.15) is 12.7 Å². The van der Waals surface area contributed by atoms with Gasteiger partial charge in [0.05, 0.1) is 6.54 Å². The lowest BCUT2D eigenvalue weighted by atomic mass is 10.2. The van der Waals surface area contributed by atoms with Crippen LogP contribution in [0.15, 0.2) is 41.8 Å². The Morgan fingerprint density at radius 1 is 1.22 bits per heavy atom. The number of aliphatic hydroxyl groups excluding tert-OH is 1. The lowest BCUT2D eigenvalue weighted by Crippen LogP contribution is -2.50. The number of thiophene rings is 1. The molecule has 1 aliphatic rings. The summed E-state index contributed by atoms with van der Waals surface area (Å²) in [6.45, 7) is 6.64. The number of nitrogens with zero attached hydrogens (tertiary/aromatic N) is 2. The molecule has 0 saturated carbocycles. The Kier molecular flexibility index (Phi) is 7.23. The molecule has 1 amide bonds. The third-order valence-electron chi connectivity index (χ3n) is 4.48. The lowest BCUT2D eigenvalue weighted by Gasteiger charge is -2.35. The minimum Gasteiger partial charge on any atom is -0.481 e. The molecule has 1 fully saturated rings. The van der Waals surface area contributed by atoms with E-state index in [4.69, 9.17) is 4.74 Å². The van der Waals surface area contributed by atoms with E-state index in [-0.39, 0.29) is 5.91 Å². The summed E-state index contributed by atoms with van der Waals surface area (Å²) in [5, 5.41) is 16.0. The summed E-state index contributed by atoms with van der Waals surface area (Å²) in [6.07, 6.45) is -0.514. The molecule has 1 aromatic carbocycles. The molecule has 6 nitrogen and oxygen atoms in total. The SMILES string of the molecule is Cc1csc(OCC(O)CN2CCN(CC(=O)Nc3ccccc3)CC2)c1. The highest BCUT2D eigenvalue weighted by atomic mass is 32.1. The molecule has 7 heteroatoms. The van der Waals surface area contributed by atoms with Crippen molar-refractivity contribution in [3.63, 3.8) is 0 Å². The van der Waals surface area contributed by atoms with E-state index < -0.39 is 6.10 Å². The van der Waals surface area contributed by atoms with E-state index in [0.717, 1.165) is 36.9 Å². The molecule has 1 aliphatic heterocycles. The van der Waals surface area contributed by atoms with Crippen molar-refractivity contribution in [3.05, 3.63) is 47.3 Å². The molecule has 0 radical (unpaired) electrons. The largest absolute Gasteiger partial charge is 0.481 e. The van der Waals surface area contributed by atoms with Crippen LogP contribution in [-0.2, 0) is 4.79 Å². The zero-order valence-electron chi connectivity index (χ0n) is 15.6. The minimum absolute atomic E-state index is 0.00864. The number of nitrogens with one attached hydrogen (secondary N) is 1. The van der Waals surface area contributed by atoms with Gasteiger partial charge in [-0.2, -0.15) is 0 Å². The molecule has 0 spiro atoms. The van der Waals surface area contributed by atoms with Gasteiger partial charge in [0.2, 0.25) is 5.91 Å². The number of anilines is 1. The number of carbonyl (C=O) groups is 1. The zero-order chi connectivity index (χ0) is 19.1. The van der Waals surface area contributed by atoms with Gasteiger partial charge in [-0.25, -0.2) is 0 Å². The molecule has 0 aliphatic carbocycles. The molecule has 0 bridgehead atoms. The molecular formula is C20H27N3O3S. The summed E-state index contributed by atoms with van der Waals surface area (Å²) in [7, 11) is 0. The fourth-order valence-electron chi connectivity index (χ4n) is 3.06. The molecule has 1 unspecified atom stereocenters. The Labute approximate surface area is 164 Å². The molecule has 27 heavy (non-hydrogen) atoms. The van der Waals surface area contributed by atoms with E-state index in [1.165, 1.54) is 5.56 Å². The third kappa shape index (κ3) is 6.62. The average molecular weight is 390 g/mol. The number of aliphatic hydroxyl groups is 1. The number of para-hydroxylation sites is 1. The van der Waals surface area contributed by atoms with Gasteiger partial charge < -0.3 is 15.2 Å². The van der Waals surface area contributed by atoms with E-state index in [0.29, 0.717) is 19.7 Å². The Balaban J connectivity index is 1.33. The van der Waals surface area contributed by atoms with Crippen molar-refractivity contribution in [3.8, 4) is 5.06 Å². The highest BCUT2D eigenvalue weighted by molar-refractivity contribution is 7.12. The molecule has 1 atom stereocenters. The van der Waals surface area contributed by atoms with Gasteiger partial charge in [-0.15, -0.1) is 11.3 Å². The predicted molar refractivity (Wildman–Crippen MR) is 109 cm³/mol. The van der Waals surface area contributed by atoms with Crippen LogP contribution >= 0.6 is 11.3 Å². The van der Waals surface area contributed by atoms with Crippen LogP contribution in [-0.4, -0.2) is 72.8 Å². The molecule has 3 rings (SSSR count). The van der Waals surface area contributed by atoms with Crippen LogP contribution < -0.4 is 10.1 Å². The van der Waals surface area contributed by atoms with Crippen LogP contribution in [0.5, 0.6) is 5.06 Å². The van der Waals surface area contributed by atoms with Gasteiger partial charge in [-0.05, 0) is 36.1 Å². The number of benzene rings is 1. The van der Waals surface area contributed by atoms with E-state index >= 15 is 0 Å². The van der Waals surface area contributed by atoms with Gasteiger partial charge in [0, 0.05) is 38.4 Å². The Bertz CT molecular complexity index is 714. The molecule has 1 aromatic heterocycles. The van der Waals surface area contributed by atoms with Crippen molar-refractivity contribution in [2.45, 2.75) is 13.0 Å². The van der Waals surface area contributed by atoms with Gasteiger partial charge in [-0.3, -0.25) is 14.6 Å². The van der Waals surface area contributed by atoms with Crippen molar-refractivity contribution >= 4 is 22.9 Å². The summed E-state index contributed by atoms with van der Waals surface area (Å²) >= 11 is 1.55. The number of hydrogen-bond donors (Lipinski definition) is 2. The van der Waals surface area contributed by atoms with E-state index in [2.05, 4.69) is 15.1 Å². The van der Waals surface area contributed by atoms with Gasteiger partial charge >= 0.3 is 0 Å². The number of amides is 1. The molecular weight excluding hydrogens is 362 g/mol. The maximum Gasteiger partial charge on any atom is 0.238 e.